The predicted molar refractivity (Wildman–Crippen MR) is 118 cm³/mol. The van der Waals surface area contributed by atoms with E-state index in [1.54, 1.807) is 0 Å². The van der Waals surface area contributed by atoms with Crippen LogP contribution in [0.3, 0.4) is 0 Å². The molecule has 1 aliphatic carbocycles. The molecule has 0 aromatic heterocycles. The van der Waals surface area contributed by atoms with Gasteiger partial charge in [0.05, 0.1) is 23.7 Å². The highest BCUT2D eigenvalue weighted by atomic mass is 16.2. The summed E-state index contributed by atoms with van der Waals surface area (Å²) in [6.07, 6.45) is 2.75. The molecular weight excluding hydrogens is 404 g/mol. The molecule has 4 amide bonds. The van der Waals surface area contributed by atoms with Crippen molar-refractivity contribution in [3.63, 3.8) is 0 Å². The molecule has 2 aromatic carbocycles. The maximum atomic E-state index is 12.8. The molecule has 6 heteroatoms. The lowest BCUT2D eigenvalue weighted by Crippen LogP contribution is -2.50. The van der Waals surface area contributed by atoms with Gasteiger partial charge in [-0.2, -0.15) is 0 Å². The molecule has 164 valence electrons. The van der Waals surface area contributed by atoms with E-state index in [4.69, 9.17) is 0 Å². The van der Waals surface area contributed by atoms with Crippen molar-refractivity contribution in [2.75, 3.05) is 13.6 Å². The van der Waals surface area contributed by atoms with Crippen LogP contribution >= 0.6 is 0 Å². The van der Waals surface area contributed by atoms with Gasteiger partial charge in [-0.1, -0.05) is 61.9 Å². The third-order valence-electron chi connectivity index (χ3n) is 7.29. The van der Waals surface area contributed by atoms with E-state index in [1.165, 1.54) is 17.5 Å². The molecular formula is C26H26N2O4. The van der Waals surface area contributed by atoms with Crippen LogP contribution in [0, 0.1) is 23.7 Å². The Hall–Kier alpha value is -3.28. The summed E-state index contributed by atoms with van der Waals surface area (Å²) in [7, 11) is 1.43. The Kier molecular flexibility index (Phi) is 4.96. The fourth-order valence-electron chi connectivity index (χ4n) is 5.48. The van der Waals surface area contributed by atoms with Gasteiger partial charge in [0, 0.05) is 13.6 Å². The molecule has 3 fully saturated rings. The molecule has 6 nitrogen and oxygen atoms in total. The van der Waals surface area contributed by atoms with Crippen LogP contribution in [0.25, 0.3) is 11.1 Å². The molecule has 2 saturated heterocycles. The number of aryl methyl sites for hydroxylation is 1. The minimum Gasteiger partial charge on any atom is -0.285 e. The SMILES string of the molecule is CCCc1ccc(-c2ccc(CCN3C(=O)C4C5C(=O)N(C)C(=O)C5C4C3=O)cc2)cc1. The van der Waals surface area contributed by atoms with Crippen LogP contribution in [0.15, 0.2) is 48.5 Å². The quantitative estimate of drug-likeness (QED) is 0.661. The lowest BCUT2D eigenvalue weighted by Gasteiger charge is -2.36. The first-order chi connectivity index (χ1) is 15.4. The third-order valence-corrected chi connectivity index (χ3v) is 7.29. The summed E-state index contributed by atoms with van der Waals surface area (Å²) in [5.41, 5.74) is 4.64. The van der Waals surface area contributed by atoms with Crippen LogP contribution in [0.5, 0.6) is 0 Å². The molecule has 1 saturated carbocycles. The van der Waals surface area contributed by atoms with Gasteiger partial charge in [0.15, 0.2) is 0 Å². The van der Waals surface area contributed by atoms with Crippen molar-refractivity contribution in [2.24, 2.45) is 23.7 Å². The number of imide groups is 2. The number of nitrogens with zero attached hydrogens (tertiary/aromatic N) is 2. The fraction of sp³-hybridized carbons (Fsp3) is 0.385. The van der Waals surface area contributed by atoms with E-state index in [2.05, 4.69) is 43.3 Å². The van der Waals surface area contributed by atoms with Crippen molar-refractivity contribution in [1.29, 1.82) is 0 Å². The number of carbonyl (C=O) groups is 4. The van der Waals surface area contributed by atoms with Crippen molar-refractivity contribution in [1.82, 2.24) is 9.80 Å². The van der Waals surface area contributed by atoms with E-state index >= 15 is 0 Å². The summed E-state index contributed by atoms with van der Waals surface area (Å²) < 4.78 is 0. The second-order valence-electron chi connectivity index (χ2n) is 9.06. The molecule has 4 atom stereocenters. The maximum absolute atomic E-state index is 12.8. The van der Waals surface area contributed by atoms with Crippen LogP contribution in [0.2, 0.25) is 0 Å². The third kappa shape index (κ3) is 3.00. The topological polar surface area (TPSA) is 74.8 Å². The van der Waals surface area contributed by atoms with Crippen molar-refractivity contribution < 1.29 is 19.2 Å². The summed E-state index contributed by atoms with van der Waals surface area (Å²) in [6, 6.07) is 16.7. The van der Waals surface area contributed by atoms with Gasteiger partial charge in [0.1, 0.15) is 0 Å². The molecule has 0 radical (unpaired) electrons. The molecule has 32 heavy (non-hydrogen) atoms. The van der Waals surface area contributed by atoms with Crippen LogP contribution in [-0.2, 0) is 32.0 Å². The zero-order valence-corrected chi connectivity index (χ0v) is 18.3. The summed E-state index contributed by atoms with van der Waals surface area (Å²) in [5.74, 6) is -3.89. The average molecular weight is 431 g/mol. The van der Waals surface area contributed by atoms with Crippen molar-refractivity contribution in [2.45, 2.75) is 26.2 Å². The van der Waals surface area contributed by atoms with Gasteiger partial charge in [-0.15, -0.1) is 0 Å². The monoisotopic (exact) mass is 430 g/mol. The standard InChI is InChI=1S/C26H26N2O4/c1-3-4-15-5-9-17(10-6-15)18-11-7-16(8-12-18)13-14-28-25(31)21-19-20(22(21)26(28)32)24(30)27(2)23(19)29/h5-12,19-22H,3-4,13-14H2,1-2H3. The van der Waals surface area contributed by atoms with Gasteiger partial charge in [-0.05, 0) is 35.1 Å². The smallest absolute Gasteiger partial charge is 0.233 e. The van der Waals surface area contributed by atoms with Gasteiger partial charge in [-0.3, -0.25) is 29.0 Å². The number of benzene rings is 2. The Labute approximate surface area is 187 Å². The summed E-state index contributed by atoms with van der Waals surface area (Å²) in [4.78, 5) is 52.6. The lowest BCUT2D eigenvalue weighted by molar-refractivity contribution is -0.146. The zero-order valence-electron chi connectivity index (χ0n) is 18.3. The number of rotatable bonds is 6. The Balaban J connectivity index is 1.24. The molecule has 2 heterocycles. The highest BCUT2D eigenvalue weighted by Crippen LogP contribution is 2.56. The summed E-state index contributed by atoms with van der Waals surface area (Å²) in [6.45, 7) is 2.44. The molecule has 3 aliphatic rings. The molecule has 0 spiro atoms. The highest BCUT2D eigenvalue weighted by Gasteiger charge is 2.72. The lowest BCUT2D eigenvalue weighted by atomic mass is 9.59. The minimum atomic E-state index is -0.660. The first kappa shape index (κ1) is 20.6. The van der Waals surface area contributed by atoms with Crippen LogP contribution < -0.4 is 0 Å². The number of carbonyl (C=O) groups excluding carboxylic acids is 4. The molecule has 5 rings (SSSR count). The van der Waals surface area contributed by atoms with Crippen molar-refractivity contribution >= 4 is 23.6 Å². The number of amides is 4. The van der Waals surface area contributed by atoms with Crippen LogP contribution in [0.1, 0.15) is 24.5 Å². The van der Waals surface area contributed by atoms with Gasteiger partial charge < -0.3 is 0 Å². The van der Waals surface area contributed by atoms with Gasteiger partial charge in [0.2, 0.25) is 23.6 Å². The van der Waals surface area contributed by atoms with E-state index < -0.39 is 23.7 Å². The van der Waals surface area contributed by atoms with Crippen LogP contribution in [-0.4, -0.2) is 47.0 Å². The number of fused-ring (bicyclic) bond motifs is 4. The highest BCUT2D eigenvalue weighted by molar-refractivity contribution is 6.17. The Morgan fingerprint density at radius 3 is 1.47 bits per heavy atom. The first-order valence-electron chi connectivity index (χ1n) is 11.3. The Morgan fingerprint density at radius 2 is 1.03 bits per heavy atom. The number of hydrogen-bond donors (Lipinski definition) is 0. The van der Waals surface area contributed by atoms with E-state index in [1.807, 2.05) is 12.1 Å². The van der Waals surface area contributed by atoms with E-state index in [9.17, 15) is 19.2 Å². The Morgan fingerprint density at radius 1 is 0.625 bits per heavy atom. The summed E-state index contributed by atoms with van der Waals surface area (Å²) in [5, 5.41) is 0. The average Bonchev–Trinajstić information content (AvgIpc) is 3.08. The second kappa shape index (κ2) is 7.69. The van der Waals surface area contributed by atoms with Gasteiger partial charge >= 0.3 is 0 Å². The van der Waals surface area contributed by atoms with E-state index in [0.717, 1.165) is 34.4 Å². The normalized spacial score (nSPS) is 26.4. The van der Waals surface area contributed by atoms with Gasteiger partial charge in [-0.25, -0.2) is 0 Å². The maximum Gasteiger partial charge on any atom is 0.233 e. The van der Waals surface area contributed by atoms with E-state index in [-0.39, 0.29) is 30.2 Å². The molecule has 2 aromatic rings. The molecule has 0 bridgehead atoms. The predicted octanol–water partition coefficient (Wildman–Crippen LogP) is 2.69. The van der Waals surface area contributed by atoms with Crippen molar-refractivity contribution in [3.8, 4) is 11.1 Å². The first-order valence-corrected chi connectivity index (χ1v) is 11.3. The largest absolute Gasteiger partial charge is 0.285 e. The zero-order chi connectivity index (χ0) is 22.6. The summed E-state index contributed by atoms with van der Waals surface area (Å²) >= 11 is 0. The van der Waals surface area contributed by atoms with Crippen LogP contribution in [0.4, 0.5) is 0 Å². The minimum absolute atomic E-state index is 0.271. The number of hydrogen-bond acceptors (Lipinski definition) is 4. The Bertz CT molecular complexity index is 1070. The fourth-order valence-corrected chi connectivity index (χ4v) is 5.48. The number of likely N-dealkylation sites (tertiary alicyclic amines) is 2. The van der Waals surface area contributed by atoms with E-state index in [0.29, 0.717) is 6.42 Å². The molecule has 4 unspecified atom stereocenters. The molecule has 2 aliphatic heterocycles. The van der Waals surface area contributed by atoms with Gasteiger partial charge in [0.25, 0.3) is 0 Å². The molecule has 0 N–H and O–H groups in total. The second-order valence-corrected chi connectivity index (χ2v) is 9.06. The van der Waals surface area contributed by atoms with Crippen molar-refractivity contribution in [3.05, 3.63) is 59.7 Å².